The van der Waals surface area contributed by atoms with Crippen molar-refractivity contribution in [1.82, 2.24) is 14.8 Å². The van der Waals surface area contributed by atoms with Gasteiger partial charge in [-0.1, -0.05) is 0 Å². The Kier molecular flexibility index (Phi) is 2.86. The van der Waals surface area contributed by atoms with E-state index in [2.05, 4.69) is 52.7 Å². The topological polar surface area (TPSA) is 34.0 Å². The van der Waals surface area contributed by atoms with E-state index in [1.165, 1.54) is 22.6 Å². The van der Waals surface area contributed by atoms with Gasteiger partial charge in [0.05, 0.1) is 4.88 Å². The van der Waals surface area contributed by atoms with E-state index in [1.54, 1.807) is 11.3 Å². The lowest BCUT2D eigenvalue weighted by Crippen LogP contribution is -2.28. The van der Waals surface area contributed by atoms with Gasteiger partial charge in [-0.25, -0.2) is 0 Å². The van der Waals surface area contributed by atoms with Gasteiger partial charge in [0.2, 0.25) is 5.95 Å². The molecule has 0 amide bonds. The first kappa shape index (κ1) is 11.7. The molecule has 18 heavy (non-hydrogen) atoms. The first-order valence-electron chi connectivity index (χ1n) is 6.39. The van der Waals surface area contributed by atoms with Crippen LogP contribution in [0.25, 0.3) is 10.7 Å². The Morgan fingerprint density at radius 2 is 2.17 bits per heavy atom. The predicted molar refractivity (Wildman–Crippen MR) is 75.1 cm³/mol. The number of aromatic nitrogens is 3. The maximum absolute atomic E-state index is 4.38. The Morgan fingerprint density at radius 1 is 1.33 bits per heavy atom. The third-order valence-corrected chi connectivity index (χ3v) is 4.62. The fraction of sp³-hybridized carbons (Fsp3) is 0.538. The number of anilines is 1. The highest BCUT2D eigenvalue weighted by Crippen LogP contribution is 2.30. The molecule has 1 aliphatic heterocycles. The van der Waals surface area contributed by atoms with Crippen LogP contribution in [0.4, 0.5) is 5.95 Å². The van der Waals surface area contributed by atoms with Crippen LogP contribution in [0.2, 0.25) is 0 Å². The fourth-order valence-electron chi connectivity index (χ4n) is 2.57. The number of hydrogen-bond acceptors (Lipinski definition) is 4. The predicted octanol–water partition coefficient (Wildman–Crippen LogP) is 2.84. The van der Waals surface area contributed by atoms with Crippen LogP contribution in [0, 0.1) is 6.92 Å². The van der Waals surface area contributed by atoms with Crippen molar-refractivity contribution in [2.45, 2.75) is 32.7 Å². The SMILES string of the molecule is Cc1ccc(-c2nnc(N3CCC[C@@H]3C)n2C)s1. The van der Waals surface area contributed by atoms with E-state index in [-0.39, 0.29) is 0 Å². The average Bonchev–Trinajstić information content (AvgIpc) is 3.00. The van der Waals surface area contributed by atoms with Crippen LogP contribution in [0.5, 0.6) is 0 Å². The molecule has 0 saturated carbocycles. The van der Waals surface area contributed by atoms with Gasteiger partial charge in [0.15, 0.2) is 5.82 Å². The van der Waals surface area contributed by atoms with E-state index in [4.69, 9.17) is 0 Å². The third kappa shape index (κ3) is 1.82. The van der Waals surface area contributed by atoms with Crippen molar-refractivity contribution < 1.29 is 0 Å². The molecule has 3 rings (SSSR count). The Bertz CT molecular complexity index is 557. The van der Waals surface area contributed by atoms with Crippen LogP contribution in [-0.4, -0.2) is 27.4 Å². The summed E-state index contributed by atoms with van der Waals surface area (Å²) >= 11 is 1.77. The van der Waals surface area contributed by atoms with Crippen molar-refractivity contribution in [3.63, 3.8) is 0 Å². The molecule has 0 spiro atoms. The van der Waals surface area contributed by atoms with Gasteiger partial charge in [-0.15, -0.1) is 21.5 Å². The Morgan fingerprint density at radius 3 is 2.78 bits per heavy atom. The van der Waals surface area contributed by atoms with E-state index in [0.29, 0.717) is 6.04 Å². The fourth-order valence-corrected chi connectivity index (χ4v) is 3.46. The van der Waals surface area contributed by atoms with Crippen LogP contribution < -0.4 is 4.90 Å². The lowest BCUT2D eigenvalue weighted by molar-refractivity contribution is 0.700. The highest BCUT2D eigenvalue weighted by Gasteiger charge is 2.25. The smallest absolute Gasteiger partial charge is 0.227 e. The minimum absolute atomic E-state index is 0.575. The molecule has 4 nitrogen and oxygen atoms in total. The molecular weight excluding hydrogens is 244 g/mol. The largest absolute Gasteiger partial charge is 0.338 e. The van der Waals surface area contributed by atoms with Crippen LogP contribution in [0.15, 0.2) is 12.1 Å². The quantitative estimate of drug-likeness (QED) is 0.834. The standard InChI is InChI=1S/C13H18N4S/c1-9-5-4-8-17(9)13-15-14-12(16(13)3)11-7-6-10(2)18-11/h6-7,9H,4-5,8H2,1-3H3/t9-/m0/s1. The molecule has 1 saturated heterocycles. The normalized spacial score (nSPS) is 19.7. The Labute approximate surface area is 111 Å². The molecular formula is C13H18N4S. The Balaban J connectivity index is 1.97. The van der Waals surface area contributed by atoms with Crippen molar-refractivity contribution in [3.05, 3.63) is 17.0 Å². The molecule has 0 bridgehead atoms. The summed E-state index contributed by atoms with van der Waals surface area (Å²) in [5.74, 6) is 1.98. The van der Waals surface area contributed by atoms with Gasteiger partial charge >= 0.3 is 0 Å². The summed E-state index contributed by atoms with van der Waals surface area (Å²) in [5.41, 5.74) is 0. The molecule has 5 heteroatoms. The van der Waals surface area contributed by atoms with Gasteiger partial charge in [-0.3, -0.25) is 4.57 Å². The molecule has 1 aliphatic rings. The second kappa shape index (κ2) is 4.39. The van der Waals surface area contributed by atoms with Crippen molar-refractivity contribution in [1.29, 1.82) is 0 Å². The number of thiophene rings is 1. The number of nitrogens with zero attached hydrogens (tertiary/aromatic N) is 4. The molecule has 0 N–H and O–H groups in total. The highest BCUT2D eigenvalue weighted by molar-refractivity contribution is 7.15. The maximum Gasteiger partial charge on any atom is 0.227 e. The van der Waals surface area contributed by atoms with E-state index in [0.717, 1.165) is 18.3 Å². The second-order valence-corrected chi connectivity index (χ2v) is 6.27. The molecule has 2 aromatic heterocycles. The van der Waals surface area contributed by atoms with E-state index >= 15 is 0 Å². The second-order valence-electron chi connectivity index (χ2n) is 4.98. The number of rotatable bonds is 2. The molecule has 0 radical (unpaired) electrons. The first-order chi connectivity index (χ1) is 8.66. The summed E-state index contributed by atoms with van der Waals surface area (Å²) in [6.45, 7) is 5.47. The lowest BCUT2D eigenvalue weighted by Gasteiger charge is -2.21. The molecule has 2 aromatic rings. The van der Waals surface area contributed by atoms with Gasteiger partial charge in [-0.05, 0) is 38.8 Å². The van der Waals surface area contributed by atoms with Gasteiger partial charge in [-0.2, -0.15) is 0 Å². The average molecular weight is 262 g/mol. The molecule has 1 fully saturated rings. The third-order valence-electron chi connectivity index (χ3n) is 3.62. The summed E-state index contributed by atoms with van der Waals surface area (Å²) in [6, 6.07) is 4.83. The molecule has 1 atom stereocenters. The summed E-state index contributed by atoms with van der Waals surface area (Å²) in [6.07, 6.45) is 2.50. The molecule has 0 aliphatic carbocycles. The summed E-state index contributed by atoms with van der Waals surface area (Å²) in [5, 5.41) is 8.74. The van der Waals surface area contributed by atoms with E-state index in [1.807, 2.05) is 0 Å². The number of hydrogen-bond donors (Lipinski definition) is 0. The molecule has 0 unspecified atom stereocenters. The number of aryl methyl sites for hydroxylation is 1. The zero-order valence-electron chi connectivity index (χ0n) is 11.1. The zero-order chi connectivity index (χ0) is 12.7. The lowest BCUT2D eigenvalue weighted by atomic mass is 10.2. The van der Waals surface area contributed by atoms with Gasteiger partial charge in [0, 0.05) is 24.5 Å². The minimum Gasteiger partial charge on any atom is -0.338 e. The van der Waals surface area contributed by atoms with Gasteiger partial charge in [0.1, 0.15) is 0 Å². The van der Waals surface area contributed by atoms with Gasteiger partial charge in [0.25, 0.3) is 0 Å². The summed E-state index contributed by atoms with van der Waals surface area (Å²) < 4.78 is 2.12. The monoisotopic (exact) mass is 262 g/mol. The maximum atomic E-state index is 4.38. The van der Waals surface area contributed by atoms with E-state index in [9.17, 15) is 0 Å². The summed E-state index contributed by atoms with van der Waals surface area (Å²) in [4.78, 5) is 4.86. The van der Waals surface area contributed by atoms with Crippen LogP contribution in [0.3, 0.4) is 0 Å². The Hall–Kier alpha value is -1.36. The highest BCUT2D eigenvalue weighted by atomic mass is 32.1. The van der Waals surface area contributed by atoms with Crippen molar-refractivity contribution in [2.24, 2.45) is 7.05 Å². The van der Waals surface area contributed by atoms with Crippen molar-refractivity contribution >= 4 is 17.3 Å². The molecule has 3 heterocycles. The zero-order valence-corrected chi connectivity index (χ0v) is 11.9. The minimum atomic E-state index is 0.575. The van der Waals surface area contributed by atoms with Crippen LogP contribution >= 0.6 is 11.3 Å². The van der Waals surface area contributed by atoms with Crippen molar-refractivity contribution in [3.8, 4) is 10.7 Å². The molecule has 0 aromatic carbocycles. The first-order valence-corrected chi connectivity index (χ1v) is 7.21. The van der Waals surface area contributed by atoms with Crippen molar-refractivity contribution in [2.75, 3.05) is 11.4 Å². The van der Waals surface area contributed by atoms with Crippen LogP contribution in [-0.2, 0) is 7.05 Å². The molecule has 96 valence electrons. The van der Waals surface area contributed by atoms with Gasteiger partial charge < -0.3 is 4.90 Å². The van der Waals surface area contributed by atoms with E-state index < -0.39 is 0 Å². The summed E-state index contributed by atoms with van der Waals surface area (Å²) in [7, 11) is 2.06. The van der Waals surface area contributed by atoms with Crippen LogP contribution in [0.1, 0.15) is 24.6 Å².